The molecule has 0 atom stereocenters. The number of amides is 2. The predicted octanol–water partition coefficient (Wildman–Crippen LogP) is 1.31. The van der Waals surface area contributed by atoms with Gasteiger partial charge < -0.3 is 9.80 Å². The normalized spacial score (nSPS) is 20.6. The minimum absolute atomic E-state index is 0.0652. The second-order valence-electron chi connectivity index (χ2n) is 4.78. The largest absolute Gasteiger partial charge is 0.471 e. The second kappa shape index (κ2) is 5.86. The fraction of sp³-hybridized carbons (Fsp3) is 0.818. The van der Waals surface area contributed by atoms with Gasteiger partial charge in [-0.25, -0.2) is 4.79 Å². The second-order valence-corrected chi connectivity index (χ2v) is 4.78. The van der Waals surface area contributed by atoms with Gasteiger partial charge in [0, 0.05) is 26.2 Å². The molecule has 9 heteroatoms. The van der Waals surface area contributed by atoms with Gasteiger partial charge in [-0.1, -0.05) is 0 Å². The molecule has 0 unspecified atom stereocenters. The van der Waals surface area contributed by atoms with Crippen LogP contribution in [-0.4, -0.2) is 60.3 Å². The van der Waals surface area contributed by atoms with Crippen LogP contribution in [0.25, 0.3) is 0 Å². The number of alkyl halides is 3. The third-order valence-electron chi connectivity index (χ3n) is 3.34. The van der Waals surface area contributed by atoms with Gasteiger partial charge in [-0.05, 0) is 19.3 Å². The zero-order chi connectivity index (χ0) is 14.8. The molecule has 2 saturated heterocycles. The number of hydrogen-bond acceptors (Lipinski definition) is 4. The lowest BCUT2D eigenvalue weighted by Crippen LogP contribution is -2.47. The fourth-order valence-electron chi connectivity index (χ4n) is 2.00. The lowest BCUT2D eigenvalue weighted by atomic mass is 10.1. The van der Waals surface area contributed by atoms with E-state index in [-0.39, 0.29) is 25.9 Å². The maximum atomic E-state index is 12.2. The van der Waals surface area contributed by atoms with Crippen molar-refractivity contribution in [2.75, 3.05) is 26.2 Å². The van der Waals surface area contributed by atoms with Gasteiger partial charge >= 0.3 is 18.2 Å². The van der Waals surface area contributed by atoms with Crippen molar-refractivity contribution in [1.82, 2.24) is 9.80 Å². The van der Waals surface area contributed by atoms with E-state index in [0.717, 1.165) is 11.3 Å². The summed E-state index contributed by atoms with van der Waals surface area (Å²) < 4.78 is 36.7. The molecule has 0 aliphatic carbocycles. The van der Waals surface area contributed by atoms with Gasteiger partial charge in [0.2, 0.25) is 0 Å². The summed E-state index contributed by atoms with van der Waals surface area (Å²) in [5, 5.41) is 0. The molecular formula is C11H15F3N2O4. The molecule has 20 heavy (non-hydrogen) atoms. The van der Waals surface area contributed by atoms with Crippen LogP contribution in [0.2, 0.25) is 0 Å². The molecule has 0 bridgehead atoms. The van der Waals surface area contributed by atoms with Crippen LogP contribution in [0, 0.1) is 0 Å². The number of hydrogen-bond donors (Lipinski definition) is 0. The smallest absolute Gasteiger partial charge is 0.335 e. The van der Waals surface area contributed by atoms with Crippen molar-refractivity contribution >= 4 is 12.0 Å². The summed E-state index contributed by atoms with van der Waals surface area (Å²) >= 11 is 0. The average Bonchev–Trinajstić information content (AvgIpc) is 2.33. The Balaban J connectivity index is 1.69. The maximum absolute atomic E-state index is 12.2. The standard InChI is InChI=1S/C11H15F3N2O4/c12-11(13,14)9(17)15-6-2-8(3-7-15)19-20-10(18)16-4-1-5-16/h8H,1-7H2. The van der Waals surface area contributed by atoms with Crippen molar-refractivity contribution in [2.24, 2.45) is 0 Å². The average molecular weight is 296 g/mol. The van der Waals surface area contributed by atoms with Crippen molar-refractivity contribution in [1.29, 1.82) is 0 Å². The van der Waals surface area contributed by atoms with E-state index in [0.29, 0.717) is 13.1 Å². The molecule has 0 N–H and O–H groups in total. The van der Waals surface area contributed by atoms with Gasteiger partial charge in [0.25, 0.3) is 0 Å². The van der Waals surface area contributed by atoms with E-state index in [1.807, 2.05) is 0 Å². The molecule has 2 aliphatic rings. The Morgan fingerprint density at radius 2 is 1.60 bits per heavy atom. The lowest BCUT2D eigenvalue weighted by molar-refractivity contribution is -0.287. The Kier molecular flexibility index (Phi) is 4.36. The van der Waals surface area contributed by atoms with E-state index in [4.69, 9.17) is 4.89 Å². The predicted molar refractivity (Wildman–Crippen MR) is 59.4 cm³/mol. The Morgan fingerprint density at radius 1 is 1.00 bits per heavy atom. The third-order valence-corrected chi connectivity index (χ3v) is 3.34. The highest BCUT2D eigenvalue weighted by Crippen LogP contribution is 2.22. The molecule has 6 nitrogen and oxygen atoms in total. The van der Waals surface area contributed by atoms with Gasteiger partial charge in [0.1, 0.15) is 6.10 Å². The van der Waals surface area contributed by atoms with E-state index < -0.39 is 24.3 Å². The zero-order valence-electron chi connectivity index (χ0n) is 10.7. The van der Waals surface area contributed by atoms with Crippen LogP contribution in [-0.2, 0) is 14.6 Å². The van der Waals surface area contributed by atoms with Gasteiger partial charge in [0.15, 0.2) is 0 Å². The van der Waals surface area contributed by atoms with E-state index in [1.165, 1.54) is 4.90 Å². The maximum Gasteiger partial charge on any atom is 0.471 e. The number of rotatable bonds is 2. The quantitative estimate of drug-likeness (QED) is 0.569. The molecule has 2 aliphatic heterocycles. The first kappa shape index (κ1) is 14.9. The topological polar surface area (TPSA) is 59.1 Å². The SMILES string of the molecule is O=C(OOC1CCN(C(=O)C(F)(F)F)CC1)N1CCC1. The summed E-state index contributed by atoms with van der Waals surface area (Å²) in [6, 6.07) is 0. The lowest BCUT2D eigenvalue weighted by Gasteiger charge is -2.32. The Labute approximate surface area is 113 Å². The minimum Gasteiger partial charge on any atom is -0.335 e. The first-order valence-corrected chi connectivity index (χ1v) is 6.36. The van der Waals surface area contributed by atoms with E-state index in [9.17, 15) is 22.8 Å². The molecule has 2 fully saturated rings. The molecule has 0 radical (unpaired) electrons. The van der Waals surface area contributed by atoms with E-state index >= 15 is 0 Å². The van der Waals surface area contributed by atoms with Crippen LogP contribution < -0.4 is 0 Å². The van der Waals surface area contributed by atoms with Crippen molar-refractivity contribution in [3.8, 4) is 0 Å². The van der Waals surface area contributed by atoms with Crippen LogP contribution >= 0.6 is 0 Å². The molecule has 2 heterocycles. The molecule has 2 rings (SSSR count). The van der Waals surface area contributed by atoms with Gasteiger partial charge in [0.05, 0.1) is 0 Å². The molecule has 114 valence electrons. The van der Waals surface area contributed by atoms with Crippen LogP contribution in [0.3, 0.4) is 0 Å². The summed E-state index contributed by atoms with van der Waals surface area (Å²) in [7, 11) is 0. The van der Waals surface area contributed by atoms with Gasteiger partial charge in [-0.15, -0.1) is 0 Å². The Morgan fingerprint density at radius 3 is 2.05 bits per heavy atom. The van der Waals surface area contributed by atoms with Crippen LogP contribution in [0.1, 0.15) is 19.3 Å². The molecule has 0 spiro atoms. The Hall–Kier alpha value is -1.51. The number of nitrogens with zero attached hydrogens (tertiary/aromatic N) is 2. The highest BCUT2D eigenvalue weighted by molar-refractivity contribution is 5.81. The summed E-state index contributed by atoms with van der Waals surface area (Å²) in [6.07, 6.45) is -4.57. The monoisotopic (exact) mass is 296 g/mol. The van der Waals surface area contributed by atoms with Crippen LogP contribution in [0.15, 0.2) is 0 Å². The molecule has 0 saturated carbocycles. The number of halogens is 3. The number of carbonyl (C=O) groups is 2. The number of carbonyl (C=O) groups excluding carboxylic acids is 2. The van der Waals surface area contributed by atoms with E-state index in [1.54, 1.807) is 0 Å². The summed E-state index contributed by atoms with van der Waals surface area (Å²) in [5.41, 5.74) is 0. The highest BCUT2D eigenvalue weighted by Gasteiger charge is 2.43. The molecule has 2 amide bonds. The van der Waals surface area contributed by atoms with Crippen molar-refractivity contribution in [2.45, 2.75) is 31.5 Å². The van der Waals surface area contributed by atoms with Crippen molar-refractivity contribution in [3.63, 3.8) is 0 Å². The molecule has 0 aromatic heterocycles. The van der Waals surface area contributed by atoms with Gasteiger partial charge in [-0.2, -0.15) is 18.1 Å². The third kappa shape index (κ3) is 3.53. The van der Waals surface area contributed by atoms with Crippen molar-refractivity contribution in [3.05, 3.63) is 0 Å². The van der Waals surface area contributed by atoms with Gasteiger partial charge in [-0.3, -0.25) is 9.68 Å². The molecular weight excluding hydrogens is 281 g/mol. The zero-order valence-corrected chi connectivity index (χ0v) is 10.7. The summed E-state index contributed by atoms with van der Waals surface area (Å²) in [5.74, 6) is -1.84. The first-order valence-electron chi connectivity index (χ1n) is 6.36. The highest BCUT2D eigenvalue weighted by atomic mass is 19.4. The fourth-order valence-corrected chi connectivity index (χ4v) is 2.00. The summed E-state index contributed by atoms with van der Waals surface area (Å²) in [6.45, 7) is 1.12. The summed E-state index contributed by atoms with van der Waals surface area (Å²) in [4.78, 5) is 34.0. The molecule has 0 aromatic rings. The Bertz CT molecular complexity index is 376. The van der Waals surface area contributed by atoms with Crippen LogP contribution in [0.4, 0.5) is 18.0 Å². The van der Waals surface area contributed by atoms with E-state index in [2.05, 4.69) is 4.89 Å². The van der Waals surface area contributed by atoms with Crippen LogP contribution in [0.5, 0.6) is 0 Å². The minimum atomic E-state index is -4.85. The van der Waals surface area contributed by atoms with Crippen molar-refractivity contribution < 1.29 is 32.5 Å². The number of piperidine rings is 1. The number of likely N-dealkylation sites (tertiary alicyclic amines) is 2. The molecule has 0 aromatic carbocycles. The first-order chi connectivity index (χ1) is 9.38.